The molecule has 0 fully saturated rings. The number of hydrogen-bond donors (Lipinski definition) is 1. The van der Waals surface area contributed by atoms with Crippen molar-refractivity contribution in [3.8, 4) is 0 Å². The van der Waals surface area contributed by atoms with E-state index >= 15 is 0 Å². The Kier molecular flexibility index (Phi) is 3.85. The van der Waals surface area contributed by atoms with Crippen LogP contribution in [0.5, 0.6) is 0 Å². The number of carbonyl (C=O) groups is 1. The number of hydrogen-bond acceptors (Lipinski definition) is 2. The highest BCUT2D eigenvalue weighted by Gasteiger charge is 2.12. The van der Waals surface area contributed by atoms with Crippen molar-refractivity contribution in [3.63, 3.8) is 0 Å². The lowest BCUT2D eigenvalue weighted by molar-refractivity contribution is 0.0364. The average molecular weight is 218 g/mol. The molecule has 0 aliphatic carbocycles. The molecule has 0 radical (unpaired) electrons. The van der Waals surface area contributed by atoms with Crippen molar-refractivity contribution in [2.45, 2.75) is 6.92 Å². The summed E-state index contributed by atoms with van der Waals surface area (Å²) in [6.07, 6.45) is 0. The molecule has 1 amide bonds. The van der Waals surface area contributed by atoms with Gasteiger partial charge in [-0.15, -0.1) is 0 Å². The number of benzene rings is 1. The third-order valence-electron chi connectivity index (χ3n) is 1.51. The Balaban J connectivity index is 2.84. The summed E-state index contributed by atoms with van der Waals surface area (Å²) in [4.78, 5) is 16.0. The molecule has 14 heavy (non-hydrogen) atoms. The fourth-order valence-corrected chi connectivity index (χ4v) is 1.08. The van der Waals surface area contributed by atoms with Gasteiger partial charge in [-0.25, -0.2) is 9.87 Å². The first-order chi connectivity index (χ1) is 6.66. The van der Waals surface area contributed by atoms with Gasteiger partial charge in [-0.2, -0.15) is 0 Å². The molecule has 0 heterocycles. The second-order valence-electron chi connectivity index (χ2n) is 2.47. The largest absolute Gasteiger partial charge is 0.276 e. The maximum atomic E-state index is 12.9. The van der Waals surface area contributed by atoms with Gasteiger partial charge < -0.3 is 0 Å². The molecule has 0 saturated carbocycles. The van der Waals surface area contributed by atoms with Gasteiger partial charge >= 0.3 is 0 Å². The molecule has 5 heteroatoms. The van der Waals surface area contributed by atoms with Gasteiger partial charge in [-0.05, 0) is 19.1 Å². The summed E-state index contributed by atoms with van der Waals surface area (Å²) in [5.41, 5.74) is 2.18. The normalized spacial score (nSPS) is 9.93. The molecule has 0 atom stereocenters. The van der Waals surface area contributed by atoms with E-state index in [9.17, 15) is 9.18 Å². The van der Waals surface area contributed by atoms with Gasteiger partial charge in [0.15, 0.2) is 0 Å². The summed E-state index contributed by atoms with van der Waals surface area (Å²) in [5, 5.41) is -0.204. The zero-order chi connectivity index (χ0) is 10.6. The fourth-order valence-electron chi connectivity index (χ4n) is 0.872. The van der Waals surface area contributed by atoms with E-state index in [-0.39, 0.29) is 10.6 Å². The first-order valence-corrected chi connectivity index (χ1v) is 4.40. The van der Waals surface area contributed by atoms with Crippen molar-refractivity contribution >= 4 is 17.5 Å². The molecule has 0 aliphatic rings. The minimum Gasteiger partial charge on any atom is -0.274 e. The van der Waals surface area contributed by atoms with Gasteiger partial charge in [-0.1, -0.05) is 17.7 Å². The van der Waals surface area contributed by atoms with Crippen molar-refractivity contribution in [2.75, 3.05) is 6.61 Å². The van der Waals surface area contributed by atoms with Crippen LogP contribution < -0.4 is 5.48 Å². The van der Waals surface area contributed by atoms with E-state index in [1.54, 1.807) is 6.92 Å². The average Bonchev–Trinajstić information content (AvgIpc) is 2.18. The summed E-state index contributed by atoms with van der Waals surface area (Å²) < 4.78 is 12.9. The highest BCUT2D eigenvalue weighted by molar-refractivity contribution is 6.33. The molecule has 0 spiro atoms. The third kappa shape index (κ3) is 2.43. The van der Waals surface area contributed by atoms with Crippen LogP contribution in [0.2, 0.25) is 5.02 Å². The Bertz CT molecular complexity index is 344. The number of nitrogens with one attached hydrogen (secondary N) is 1. The Morgan fingerprint density at radius 2 is 2.36 bits per heavy atom. The molecule has 1 aromatic rings. The lowest BCUT2D eigenvalue weighted by Gasteiger charge is -2.05. The van der Waals surface area contributed by atoms with Gasteiger partial charge in [0.05, 0.1) is 17.2 Å². The smallest absolute Gasteiger partial charge is 0.274 e. The Labute approximate surface area is 85.8 Å². The number of hydroxylamine groups is 1. The van der Waals surface area contributed by atoms with Crippen LogP contribution in [0.1, 0.15) is 17.3 Å². The Morgan fingerprint density at radius 3 is 3.00 bits per heavy atom. The SMILES string of the molecule is CCONC(=O)c1cccc(F)c1Cl. The molecular weight excluding hydrogens is 209 g/mol. The van der Waals surface area contributed by atoms with Crippen molar-refractivity contribution in [2.24, 2.45) is 0 Å². The molecule has 1 aromatic carbocycles. The predicted molar refractivity (Wildman–Crippen MR) is 50.5 cm³/mol. The van der Waals surface area contributed by atoms with Crippen molar-refractivity contribution in [3.05, 3.63) is 34.6 Å². The van der Waals surface area contributed by atoms with Gasteiger partial charge in [0.1, 0.15) is 5.82 Å². The summed E-state index contributed by atoms with van der Waals surface area (Å²) in [6.45, 7) is 2.05. The molecule has 0 aliphatic heterocycles. The van der Waals surface area contributed by atoms with Gasteiger partial charge in [-0.3, -0.25) is 9.63 Å². The van der Waals surface area contributed by atoms with Crippen LogP contribution in [-0.2, 0) is 4.84 Å². The highest BCUT2D eigenvalue weighted by atomic mass is 35.5. The van der Waals surface area contributed by atoms with E-state index in [0.717, 1.165) is 0 Å². The monoisotopic (exact) mass is 217 g/mol. The van der Waals surface area contributed by atoms with Crippen LogP contribution in [0.3, 0.4) is 0 Å². The second kappa shape index (κ2) is 4.93. The summed E-state index contributed by atoms with van der Waals surface area (Å²) in [5.74, 6) is -1.19. The molecule has 0 bridgehead atoms. The van der Waals surface area contributed by atoms with E-state index in [1.165, 1.54) is 18.2 Å². The van der Waals surface area contributed by atoms with Crippen molar-refractivity contribution in [1.29, 1.82) is 0 Å². The molecule has 1 N–H and O–H groups in total. The van der Waals surface area contributed by atoms with Crippen LogP contribution >= 0.6 is 11.6 Å². The molecule has 0 aromatic heterocycles. The van der Waals surface area contributed by atoms with Crippen LogP contribution in [-0.4, -0.2) is 12.5 Å². The zero-order valence-corrected chi connectivity index (χ0v) is 8.27. The maximum absolute atomic E-state index is 12.9. The lowest BCUT2D eigenvalue weighted by atomic mass is 10.2. The topological polar surface area (TPSA) is 38.3 Å². The molecule has 3 nitrogen and oxygen atoms in total. The lowest BCUT2D eigenvalue weighted by Crippen LogP contribution is -2.24. The summed E-state index contributed by atoms with van der Waals surface area (Å²) in [7, 11) is 0. The molecule has 76 valence electrons. The van der Waals surface area contributed by atoms with Crippen LogP contribution in [0.25, 0.3) is 0 Å². The van der Waals surface area contributed by atoms with E-state index in [1.807, 2.05) is 0 Å². The standard InChI is InChI=1S/C9H9ClFNO2/c1-2-14-12-9(13)6-4-3-5-7(11)8(6)10/h3-5H,2H2,1H3,(H,12,13). The number of amides is 1. The van der Waals surface area contributed by atoms with Crippen LogP contribution in [0.4, 0.5) is 4.39 Å². The van der Waals surface area contributed by atoms with Gasteiger partial charge in [0.25, 0.3) is 5.91 Å². The summed E-state index contributed by atoms with van der Waals surface area (Å²) in [6, 6.07) is 4.00. The Hall–Kier alpha value is -1.13. The molecule has 0 saturated heterocycles. The van der Waals surface area contributed by atoms with Crippen molar-refractivity contribution < 1.29 is 14.0 Å². The minimum atomic E-state index is -0.629. The first kappa shape index (κ1) is 10.9. The first-order valence-electron chi connectivity index (χ1n) is 4.03. The van der Waals surface area contributed by atoms with Crippen LogP contribution in [0, 0.1) is 5.82 Å². The minimum absolute atomic E-state index is 0.0557. The second-order valence-corrected chi connectivity index (χ2v) is 2.84. The summed E-state index contributed by atoms with van der Waals surface area (Å²) >= 11 is 5.58. The van der Waals surface area contributed by atoms with E-state index in [0.29, 0.717) is 6.61 Å². The predicted octanol–water partition coefficient (Wildman–Crippen LogP) is 2.16. The maximum Gasteiger partial charge on any atom is 0.276 e. The Morgan fingerprint density at radius 1 is 1.64 bits per heavy atom. The fraction of sp³-hybridized carbons (Fsp3) is 0.222. The van der Waals surface area contributed by atoms with Crippen molar-refractivity contribution in [1.82, 2.24) is 5.48 Å². The quantitative estimate of drug-likeness (QED) is 0.788. The van der Waals surface area contributed by atoms with E-state index in [4.69, 9.17) is 11.6 Å². The number of rotatable bonds is 3. The number of halogens is 2. The van der Waals surface area contributed by atoms with Gasteiger partial charge in [0, 0.05) is 0 Å². The molecule has 1 rings (SSSR count). The number of carbonyl (C=O) groups excluding carboxylic acids is 1. The van der Waals surface area contributed by atoms with Gasteiger partial charge in [0.2, 0.25) is 0 Å². The zero-order valence-electron chi connectivity index (χ0n) is 7.51. The van der Waals surface area contributed by atoms with E-state index < -0.39 is 11.7 Å². The third-order valence-corrected chi connectivity index (χ3v) is 1.89. The van der Waals surface area contributed by atoms with Crippen LogP contribution in [0.15, 0.2) is 18.2 Å². The molecule has 0 unspecified atom stereocenters. The molecular formula is C9H9ClFNO2. The highest BCUT2D eigenvalue weighted by Crippen LogP contribution is 2.19. The van der Waals surface area contributed by atoms with E-state index in [2.05, 4.69) is 10.3 Å².